The number of carbonyl (C=O) groups is 1. The van der Waals surface area contributed by atoms with Gasteiger partial charge in [0.1, 0.15) is 4.90 Å². The van der Waals surface area contributed by atoms with Gasteiger partial charge in [-0.2, -0.15) is 4.31 Å². The summed E-state index contributed by atoms with van der Waals surface area (Å²) in [4.78, 5) is 10.3. The average molecular weight is 364 g/mol. The highest BCUT2D eigenvalue weighted by atomic mass is 79.9. The van der Waals surface area contributed by atoms with Gasteiger partial charge in [-0.1, -0.05) is 28.1 Å². The molecule has 1 aromatic carbocycles. The van der Waals surface area contributed by atoms with Gasteiger partial charge in [0.05, 0.1) is 5.56 Å². The molecule has 0 aliphatic carbocycles. The highest BCUT2D eigenvalue weighted by Crippen LogP contribution is 2.27. The van der Waals surface area contributed by atoms with E-state index < -0.39 is 32.3 Å². The number of hydrogen-bond acceptors (Lipinski definition) is 3. The van der Waals surface area contributed by atoms with E-state index in [1.807, 2.05) is 6.08 Å². The maximum Gasteiger partial charge on any atom is 0.338 e. The smallest absolute Gasteiger partial charge is 0.338 e. The first-order valence-electron chi connectivity index (χ1n) is 5.71. The molecular weight excluding hydrogens is 353 g/mol. The Hall–Kier alpha value is -1.25. The summed E-state index contributed by atoms with van der Waals surface area (Å²) in [5.74, 6) is -2.76. The highest BCUT2D eigenvalue weighted by molar-refractivity contribution is 9.10. The van der Waals surface area contributed by atoms with Gasteiger partial charge >= 0.3 is 5.97 Å². The van der Waals surface area contributed by atoms with Gasteiger partial charge in [0.15, 0.2) is 5.82 Å². The van der Waals surface area contributed by atoms with Crippen molar-refractivity contribution in [3.63, 3.8) is 0 Å². The summed E-state index contributed by atoms with van der Waals surface area (Å²) in [6, 6.07) is 2.11. The Morgan fingerprint density at radius 2 is 2.05 bits per heavy atom. The number of halogens is 2. The lowest BCUT2D eigenvalue weighted by Crippen LogP contribution is -2.34. The minimum absolute atomic E-state index is 0.149. The fourth-order valence-electron chi connectivity index (χ4n) is 1.88. The Morgan fingerprint density at radius 1 is 1.35 bits per heavy atom. The van der Waals surface area contributed by atoms with E-state index in [2.05, 4.69) is 15.9 Å². The molecule has 0 atom stereocenters. The monoisotopic (exact) mass is 363 g/mol. The van der Waals surface area contributed by atoms with Crippen LogP contribution in [0, 0.1) is 5.82 Å². The van der Waals surface area contributed by atoms with Gasteiger partial charge in [-0.3, -0.25) is 0 Å². The molecule has 0 spiro atoms. The van der Waals surface area contributed by atoms with Gasteiger partial charge in [-0.15, -0.1) is 0 Å². The summed E-state index contributed by atoms with van der Waals surface area (Å²) < 4.78 is 40.2. The van der Waals surface area contributed by atoms with Crippen molar-refractivity contribution < 1.29 is 22.7 Å². The van der Waals surface area contributed by atoms with Crippen molar-refractivity contribution in [2.24, 2.45) is 0 Å². The number of sulfonamides is 1. The molecule has 8 heteroatoms. The van der Waals surface area contributed by atoms with Crippen molar-refractivity contribution in [2.75, 3.05) is 13.1 Å². The summed E-state index contributed by atoms with van der Waals surface area (Å²) in [7, 11) is -4.06. The zero-order chi connectivity index (χ0) is 14.9. The zero-order valence-corrected chi connectivity index (χ0v) is 12.6. The number of carboxylic acid groups (broad SMARTS) is 1. The minimum Gasteiger partial charge on any atom is -0.478 e. The summed E-state index contributed by atoms with van der Waals surface area (Å²) in [5.41, 5.74) is -0.675. The third-order valence-corrected chi connectivity index (χ3v) is 5.20. The molecule has 1 aliphatic rings. The Bertz CT molecular complexity index is 687. The lowest BCUT2D eigenvalue weighted by Gasteiger charge is -2.23. The van der Waals surface area contributed by atoms with Gasteiger partial charge in [0, 0.05) is 17.6 Å². The van der Waals surface area contributed by atoms with Gasteiger partial charge in [-0.05, 0) is 18.6 Å². The molecule has 1 heterocycles. The quantitative estimate of drug-likeness (QED) is 0.835. The number of nitrogens with zero attached hydrogens (tertiary/aromatic N) is 1. The summed E-state index contributed by atoms with van der Waals surface area (Å²) in [5, 5.41) is 8.91. The third-order valence-electron chi connectivity index (χ3n) is 2.87. The number of aromatic carboxylic acids is 1. The first-order valence-corrected chi connectivity index (χ1v) is 7.95. The molecule has 5 nitrogen and oxygen atoms in total. The van der Waals surface area contributed by atoms with Crippen molar-refractivity contribution in [3.05, 3.63) is 40.1 Å². The van der Waals surface area contributed by atoms with Crippen LogP contribution in [-0.4, -0.2) is 36.9 Å². The molecule has 0 radical (unpaired) electrons. The Labute approximate surface area is 123 Å². The first kappa shape index (κ1) is 15.1. The second-order valence-corrected chi connectivity index (χ2v) is 7.02. The second kappa shape index (κ2) is 5.63. The molecule has 108 valence electrons. The van der Waals surface area contributed by atoms with Crippen molar-refractivity contribution in [1.82, 2.24) is 4.31 Å². The fraction of sp³-hybridized carbons (Fsp3) is 0.250. The number of carboxylic acids is 1. The van der Waals surface area contributed by atoms with Crippen LogP contribution >= 0.6 is 15.9 Å². The van der Waals surface area contributed by atoms with Gasteiger partial charge in [0.25, 0.3) is 0 Å². The molecule has 0 saturated heterocycles. The van der Waals surface area contributed by atoms with Crippen molar-refractivity contribution >= 4 is 31.9 Å². The second-order valence-electron chi connectivity index (χ2n) is 4.19. The predicted octanol–water partition coefficient (Wildman–Crippen LogP) is 2.24. The predicted molar refractivity (Wildman–Crippen MR) is 73.6 cm³/mol. The van der Waals surface area contributed by atoms with E-state index in [4.69, 9.17) is 5.11 Å². The standard InChI is InChI=1S/C12H11BrFNO4S/c13-8-6-9(12(16)17)11(14)10(7-8)20(18,19)15-4-2-1-3-5-15/h1-2,6-7H,3-5H2,(H,16,17). The normalized spacial score (nSPS) is 16.3. The van der Waals surface area contributed by atoms with E-state index in [1.165, 1.54) is 0 Å². The third kappa shape index (κ3) is 2.77. The average Bonchev–Trinajstić information content (AvgIpc) is 2.41. The van der Waals surface area contributed by atoms with Crippen molar-refractivity contribution in [2.45, 2.75) is 11.3 Å². The highest BCUT2D eigenvalue weighted by Gasteiger charge is 2.30. The number of benzene rings is 1. The van der Waals surface area contributed by atoms with E-state index >= 15 is 0 Å². The molecule has 1 aromatic rings. The Kier molecular flexibility index (Phi) is 4.26. The molecule has 1 N–H and O–H groups in total. The van der Waals surface area contributed by atoms with Crippen LogP contribution in [0.25, 0.3) is 0 Å². The first-order chi connectivity index (χ1) is 9.34. The van der Waals surface area contributed by atoms with E-state index in [0.29, 0.717) is 6.42 Å². The summed E-state index contributed by atoms with van der Waals surface area (Å²) in [6.45, 7) is 0.393. The molecule has 0 unspecified atom stereocenters. The molecule has 0 bridgehead atoms. The molecule has 0 saturated carbocycles. The SMILES string of the molecule is O=C(O)c1cc(Br)cc(S(=O)(=O)N2CC=CCC2)c1F. The molecule has 1 aliphatic heterocycles. The van der Waals surface area contributed by atoms with Gasteiger partial charge < -0.3 is 5.11 Å². The molecule has 0 amide bonds. The topological polar surface area (TPSA) is 74.7 Å². The lowest BCUT2D eigenvalue weighted by atomic mass is 10.2. The fourth-order valence-corrected chi connectivity index (χ4v) is 4.01. The maximum atomic E-state index is 14.1. The number of hydrogen-bond donors (Lipinski definition) is 1. The Morgan fingerprint density at radius 3 is 2.60 bits per heavy atom. The largest absolute Gasteiger partial charge is 0.478 e. The number of rotatable bonds is 3. The van der Waals surface area contributed by atoms with E-state index in [0.717, 1.165) is 16.4 Å². The summed E-state index contributed by atoms with van der Waals surface area (Å²) >= 11 is 3.01. The molecule has 20 heavy (non-hydrogen) atoms. The molecule has 0 aromatic heterocycles. The summed E-state index contributed by atoms with van der Waals surface area (Å²) in [6.07, 6.45) is 4.06. The van der Waals surface area contributed by atoms with Crippen LogP contribution in [0.4, 0.5) is 4.39 Å². The van der Waals surface area contributed by atoms with Crippen LogP contribution in [0.1, 0.15) is 16.8 Å². The molecule has 2 rings (SSSR count). The van der Waals surface area contributed by atoms with Crippen LogP contribution in [0.5, 0.6) is 0 Å². The lowest BCUT2D eigenvalue weighted by molar-refractivity contribution is 0.0691. The van der Waals surface area contributed by atoms with E-state index in [1.54, 1.807) is 6.08 Å². The van der Waals surface area contributed by atoms with Gasteiger partial charge in [0.2, 0.25) is 10.0 Å². The minimum atomic E-state index is -4.06. The maximum absolute atomic E-state index is 14.1. The molecular formula is C12H11BrFNO4S. The van der Waals surface area contributed by atoms with Crippen molar-refractivity contribution in [3.8, 4) is 0 Å². The zero-order valence-electron chi connectivity index (χ0n) is 10.2. The molecule has 0 fully saturated rings. The Balaban J connectivity index is 2.57. The van der Waals surface area contributed by atoms with Crippen LogP contribution < -0.4 is 0 Å². The van der Waals surface area contributed by atoms with E-state index in [-0.39, 0.29) is 17.6 Å². The van der Waals surface area contributed by atoms with Crippen LogP contribution in [-0.2, 0) is 10.0 Å². The van der Waals surface area contributed by atoms with Crippen LogP contribution in [0.3, 0.4) is 0 Å². The van der Waals surface area contributed by atoms with E-state index in [9.17, 15) is 17.6 Å². The van der Waals surface area contributed by atoms with Crippen LogP contribution in [0.2, 0.25) is 0 Å². The van der Waals surface area contributed by atoms with Gasteiger partial charge in [-0.25, -0.2) is 17.6 Å². The van der Waals surface area contributed by atoms with Crippen LogP contribution in [0.15, 0.2) is 33.7 Å². The van der Waals surface area contributed by atoms with Crippen molar-refractivity contribution in [1.29, 1.82) is 0 Å².